The van der Waals surface area contributed by atoms with Crippen LogP contribution in [0.5, 0.6) is 0 Å². The Labute approximate surface area is 152 Å². The van der Waals surface area contributed by atoms with Gasteiger partial charge in [-0.3, -0.25) is 4.79 Å². The number of Topliss-reactive ketones (excluding diaryl/α,β-unsaturated/α-hetero) is 1. The lowest BCUT2D eigenvalue weighted by Crippen LogP contribution is -2.17. The maximum Gasteiger partial charge on any atom is 0.313 e. The molecule has 3 rings (SSSR count). The van der Waals surface area contributed by atoms with Crippen molar-refractivity contribution in [1.29, 1.82) is 0 Å². The zero-order valence-electron chi connectivity index (χ0n) is 15.9. The molecule has 2 aromatic rings. The molecule has 0 fully saturated rings. The van der Waals surface area contributed by atoms with Gasteiger partial charge in [0.25, 0.3) is 0 Å². The smallest absolute Gasteiger partial charge is 0.313 e. The van der Waals surface area contributed by atoms with Crippen LogP contribution in [0.3, 0.4) is 0 Å². The Bertz CT molecular complexity index is 1130. The van der Waals surface area contributed by atoms with E-state index in [4.69, 9.17) is 14.6 Å². The van der Waals surface area contributed by atoms with Gasteiger partial charge in [0.05, 0.1) is 4.11 Å². The molecule has 0 amide bonds. The molecule has 0 saturated heterocycles. The highest BCUT2D eigenvalue weighted by Gasteiger charge is 2.41. The number of ether oxygens (including phenoxy) is 1. The number of carbonyl (C=O) groups is 1. The first kappa shape index (κ1) is 14.3. The van der Waals surface area contributed by atoms with Crippen LogP contribution in [0.25, 0.3) is 0 Å². The Balaban J connectivity index is 1.97. The van der Waals surface area contributed by atoms with Crippen LogP contribution in [-0.4, -0.2) is 14.2 Å². The number of rotatable bonds is 5. The third-order valence-corrected chi connectivity index (χ3v) is 4.13. The third kappa shape index (κ3) is 3.52. The average Bonchev–Trinajstić information content (AvgIpc) is 2.88. The van der Waals surface area contributed by atoms with Gasteiger partial charge >= 0.3 is 10.1 Å². The quantitative estimate of drug-likeness (QED) is 0.795. The zero-order valence-corrected chi connectivity index (χ0v) is 13.7. The highest BCUT2D eigenvalue weighted by Crippen LogP contribution is 2.34. The van der Waals surface area contributed by atoms with Crippen molar-refractivity contribution in [3.05, 3.63) is 82.9 Å². The lowest BCUT2D eigenvalue weighted by molar-refractivity contribution is -0.123. The Morgan fingerprint density at radius 2 is 1.88 bits per heavy atom. The normalized spacial score (nSPS) is 22.4. The molecule has 1 atom stereocenters. The van der Waals surface area contributed by atoms with Crippen molar-refractivity contribution in [3.8, 4) is 0 Å². The van der Waals surface area contributed by atoms with E-state index in [1.54, 1.807) is 0 Å². The summed E-state index contributed by atoms with van der Waals surface area (Å²) in [4.78, 5) is 12.6. The minimum Gasteiger partial charge on any atom is -0.460 e. The fourth-order valence-corrected chi connectivity index (χ4v) is 2.98. The SMILES string of the molecule is [2H]C1(c2cccc(F)c2F)OC(N)=C(OS(=O)(=O)C([2H])([2H])c2ccccc2)C1=O. The lowest BCUT2D eigenvalue weighted by Gasteiger charge is -2.11. The molecule has 9 heteroatoms. The fraction of sp³-hybridized carbons (Fsp3) is 0.118. The van der Waals surface area contributed by atoms with Gasteiger partial charge in [-0.25, -0.2) is 8.78 Å². The second-order valence-corrected chi connectivity index (χ2v) is 6.34. The van der Waals surface area contributed by atoms with E-state index in [9.17, 15) is 22.0 Å². The predicted molar refractivity (Wildman–Crippen MR) is 86.6 cm³/mol. The molecule has 6 nitrogen and oxygen atoms in total. The number of halogens is 2. The Morgan fingerprint density at radius 1 is 1.19 bits per heavy atom. The summed E-state index contributed by atoms with van der Waals surface area (Å²) < 4.78 is 85.7. The van der Waals surface area contributed by atoms with Crippen LogP contribution in [0.4, 0.5) is 8.78 Å². The van der Waals surface area contributed by atoms with Crippen LogP contribution in [0.1, 0.15) is 21.3 Å². The molecule has 26 heavy (non-hydrogen) atoms. The molecule has 136 valence electrons. The summed E-state index contributed by atoms with van der Waals surface area (Å²) in [5.74, 6) is -6.66. The van der Waals surface area contributed by atoms with E-state index in [0.29, 0.717) is 0 Å². The molecular weight excluding hydrogens is 368 g/mol. The molecule has 1 aliphatic heterocycles. The van der Waals surface area contributed by atoms with E-state index in [1.165, 1.54) is 30.3 Å². The maximum absolute atomic E-state index is 14.1. The molecule has 0 bridgehead atoms. The predicted octanol–water partition coefficient (Wildman–Crippen LogP) is 2.28. The first-order chi connectivity index (χ1) is 13.4. The number of carbonyl (C=O) groups excluding carboxylic acids is 1. The van der Waals surface area contributed by atoms with E-state index in [1.807, 2.05) is 0 Å². The van der Waals surface area contributed by atoms with Crippen molar-refractivity contribution < 1.29 is 35.0 Å². The van der Waals surface area contributed by atoms with Gasteiger partial charge in [-0.15, -0.1) is 0 Å². The second kappa shape index (κ2) is 6.75. The van der Waals surface area contributed by atoms with Gasteiger partial charge in [0, 0.05) is 5.56 Å². The Hall–Kier alpha value is -2.94. The van der Waals surface area contributed by atoms with Crippen molar-refractivity contribution in [2.75, 3.05) is 0 Å². The summed E-state index contributed by atoms with van der Waals surface area (Å²) >= 11 is 0. The van der Waals surface area contributed by atoms with Gasteiger partial charge in [0.15, 0.2) is 17.7 Å². The molecule has 2 aromatic carbocycles. The lowest BCUT2D eigenvalue weighted by atomic mass is 10.1. The molecule has 0 saturated carbocycles. The van der Waals surface area contributed by atoms with Crippen LogP contribution < -0.4 is 5.73 Å². The van der Waals surface area contributed by atoms with Gasteiger partial charge in [-0.2, -0.15) is 8.42 Å². The number of benzene rings is 2. The first-order valence-electron chi connectivity index (χ1n) is 8.59. The van der Waals surface area contributed by atoms with E-state index >= 15 is 0 Å². The Morgan fingerprint density at radius 3 is 2.58 bits per heavy atom. The Kier molecular flexibility index (Phi) is 3.70. The van der Waals surface area contributed by atoms with Crippen molar-refractivity contribution in [3.63, 3.8) is 0 Å². The van der Waals surface area contributed by atoms with Crippen LogP contribution >= 0.6 is 0 Å². The van der Waals surface area contributed by atoms with E-state index in [0.717, 1.165) is 18.2 Å². The van der Waals surface area contributed by atoms with Gasteiger partial charge in [-0.1, -0.05) is 42.5 Å². The second-order valence-electron chi connectivity index (χ2n) is 5.06. The van der Waals surface area contributed by atoms with Gasteiger partial charge in [0.2, 0.25) is 17.4 Å². The van der Waals surface area contributed by atoms with Crippen LogP contribution in [-0.2, 0) is 29.5 Å². The van der Waals surface area contributed by atoms with Crippen LogP contribution in [0, 0.1) is 11.6 Å². The van der Waals surface area contributed by atoms with Gasteiger partial charge in [0.1, 0.15) is 5.70 Å². The van der Waals surface area contributed by atoms with Crippen molar-refractivity contribution in [1.82, 2.24) is 0 Å². The maximum atomic E-state index is 14.1. The standard InChI is InChI=1S/C17H13F2NO5S/c18-12-8-4-7-11(13(12)19)15-14(21)16(17(20)24-15)25-26(22,23)9-10-5-2-1-3-6-10/h1-8,15H,9,20H2/i9D2,15D. The van der Waals surface area contributed by atoms with Crippen molar-refractivity contribution in [2.24, 2.45) is 5.73 Å². The highest BCUT2D eigenvalue weighted by molar-refractivity contribution is 7.86. The molecule has 1 unspecified atom stereocenters. The number of hydrogen-bond acceptors (Lipinski definition) is 6. The minimum absolute atomic E-state index is 0.293. The van der Waals surface area contributed by atoms with E-state index in [2.05, 4.69) is 4.18 Å². The van der Waals surface area contributed by atoms with Gasteiger partial charge in [-0.05, 0) is 11.6 Å². The zero-order chi connectivity index (χ0) is 21.6. The molecule has 0 aromatic heterocycles. The molecule has 0 radical (unpaired) electrons. The summed E-state index contributed by atoms with van der Waals surface area (Å²) in [5.41, 5.74) is 1.20. The summed E-state index contributed by atoms with van der Waals surface area (Å²) in [6, 6.07) is 9.32. The summed E-state index contributed by atoms with van der Waals surface area (Å²) in [5, 5.41) is 0. The molecule has 0 aliphatic carbocycles. The van der Waals surface area contributed by atoms with Crippen LogP contribution in [0.15, 0.2) is 60.2 Å². The molecule has 1 aliphatic rings. The van der Waals surface area contributed by atoms with Gasteiger partial charge < -0.3 is 14.7 Å². The van der Waals surface area contributed by atoms with Crippen LogP contribution in [0.2, 0.25) is 0 Å². The molecule has 1 heterocycles. The number of ketones is 1. The van der Waals surface area contributed by atoms with Crippen molar-refractivity contribution >= 4 is 15.9 Å². The monoisotopic (exact) mass is 384 g/mol. The van der Waals surface area contributed by atoms with E-state index in [-0.39, 0.29) is 5.56 Å². The fourth-order valence-electron chi connectivity index (χ4n) is 2.13. The summed E-state index contributed by atoms with van der Waals surface area (Å²) in [7, 11) is -5.17. The van der Waals surface area contributed by atoms with E-state index < -0.39 is 56.5 Å². The molecule has 0 spiro atoms. The number of hydrogen-bond donors (Lipinski definition) is 1. The largest absolute Gasteiger partial charge is 0.460 e. The molecule has 2 N–H and O–H groups in total. The first-order valence-corrected chi connectivity index (χ1v) is 8.50. The third-order valence-electron chi connectivity index (χ3n) is 3.25. The number of nitrogens with two attached hydrogens (primary N) is 1. The average molecular weight is 384 g/mol. The molecular formula is C17H13F2NO5S. The summed E-state index contributed by atoms with van der Waals surface area (Å²) in [6.07, 6.45) is -2.94. The minimum atomic E-state index is -5.17. The summed E-state index contributed by atoms with van der Waals surface area (Å²) in [6.45, 7) is 0. The topological polar surface area (TPSA) is 95.7 Å². The van der Waals surface area contributed by atoms with Crippen molar-refractivity contribution in [2.45, 2.75) is 11.8 Å². The highest BCUT2D eigenvalue weighted by atomic mass is 32.2.